The molecule has 34 heavy (non-hydrogen) atoms. The molecule has 1 saturated heterocycles. The molecule has 1 N–H and O–H groups in total. The van der Waals surface area contributed by atoms with Crippen LogP contribution >= 0.6 is 0 Å². The Balaban J connectivity index is 1.39. The van der Waals surface area contributed by atoms with Gasteiger partial charge in [-0.3, -0.25) is 4.79 Å². The first kappa shape index (κ1) is 24.2. The zero-order valence-corrected chi connectivity index (χ0v) is 20.9. The molecule has 182 valence electrons. The van der Waals surface area contributed by atoms with Gasteiger partial charge in [0.2, 0.25) is 15.9 Å². The molecule has 4 rings (SSSR count). The van der Waals surface area contributed by atoms with Gasteiger partial charge in [-0.25, -0.2) is 13.4 Å². The van der Waals surface area contributed by atoms with Crippen molar-refractivity contribution in [3.05, 3.63) is 53.9 Å². The van der Waals surface area contributed by atoms with Crippen molar-refractivity contribution in [3.8, 4) is 0 Å². The Bertz CT molecular complexity index is 1260. The number of nitrogens with zero attached hydrogens (tertiary/aromatic N) is 4. The number of anilines is 1. The van der Waals surface area contributed by atoms with E-state index in [4.69, 9.17) is 0 Å². The molecular weight excluding hydrogens is 450 g/mol. The molecule has 0 unspecified atom stereocenters. The van der Waals surface area contributed by atoms with E-state index in [0.29, 0.717) is 38.0 Å². The molecule has 9 heteroatoms. The summed E-state index contributed by atoms with van der Waals surface area (Å²) in [6.45, 7) is 1.62. The molecule has 1 aliphatic heterocycles. The number of benzene rings is 2. The first-order valence-electron chi connectivity index (χ1n) is 11.7. The standard InChI is InChI=1S/C25H33N5O3S/c1-28(2)20-9-7-19(8-10-20)18-26-25(31)14-13-24-27-22-17-21(11-12-23(22)29(24)3)34(32,33)30-15-5-4-6-16-30/h7-12,17H,4-6,13-16,18H2,1-3H3,(H,26,31). The molecule has 0 radical (unpaired) electrons. The number of piperidine rings is 1. The number of aryl methyl sites for hydroxylation is 2. The van der Waals surface area contributed by atoms with Crippen LogP contribution in [-0.4, -0.2) is 55.4 Å². The summed E-state index contributed by atoms with van der Waals surface area (Å²) in [4.78, 5) is 19.4. The molecule has 2 heterocycles. The highest BCUT2D eigenvalue weighted by atomic mass is 32.2. The number of rotatable bonds is 8. The van der Waals surface area contributed by atoms with E-state index in [1.54, 1.807) is 22.5 Å². The Morgan fingerprint density at radius 2 is 1.76 bits per heavy atom. The topological polar surface area (TPSA) is 87.5 Å². The highest BCUT2D eigenvalue weighted by molar-refractivity contribution is 7.89. The van der Waals surface area contributed by atoms with E-state index in [1.807, 2.05) is 54.9 Å². The minimum atomic E-state index is -3.51. The van der Waals surface area contributed by atoms with Gasteiger partial charge in [0.25, 0.3) is 0 Å². The van der Waals surface area contributed by atoms with Crippen LogP contribution in [0.1, 0.15) is 37.1 Å². The first-order chi connectivity index (χ1) is 16.3. The molecule has 1 aliphatic rings. The molecular formula is C25H33N5O3S. The summed E-state index contributed by atoms with van der Waals surface area (Å²) < 4.78 is 29.5. The van der Waals surface area contributed by atoms with E-state index in [-0.39, 0.29) is 10.8 Å². The van der Waals surface area contributed by atoms with Crippen molar-refractivity contribution in [1.82, 2.24) is 19.2 Å². The van der Waals surface area contributed by atoms with Gasteiger partial charge in [0, 0.05) is 59.3 Å². The molecule has 0 spiro atoms. The number of aromatic nitrogens is 2. The molecule has 0 aliphatic carbocycles. The maximum Gasteiger partial charge on any atom is 0.243 e. The summed E-state index contributed by atoms with van der Waals surface area (Å²) in [5.74, 6) is 0.713. The molecule has 2 aromatic carbocycles. The predicted molar refractivity (Wildman–Crippen MR) is 134 cm³/mol. The third-order valence-corrected chi connectivity index (χ3v) is 8.31. The van der Waals surface area contributed by atoms with Crippen LogP contribution in [0.5, 0.6) is 0 Å². The van der Waals surface area contributed by atoms with Gasteiger partial charge in [0.1, 0.15) is 5.82 Å². The van der Waals surface area contributed by atoms with E-state index in [2.05, 4.69) is 10.3 Å². The van der Waals surface area contributed by atoms with Crippen LogP contribution in [0.25, 0.3) is 11.0 Å². The van der Waals surface area contributed by atoms with Crippen LogP contribution in [0.2, 0.25) is 0 Å². The Morgan fingerprint density at radius 1 is 1.06 bits per heavy atom. The van der Waals surface area contributed by atoms with Crippen molar-refractivity contribution in [1.29, 1.82) is 0 Å². The largest absolute Gasteiger partial charge is 0.378 e. The van der Waals surface area contributed by atoms with Crippen LogP contribution in [-0.2, 0) is 34.8 Å². The van der Waals surface area contributed by atoms with E-state index >= 15 is 0 Å². The Hall–Kier alpha value is -2.91. The summed E-state index contributed by atoms with van der Waals surface area (Å²) in [5.41, 5.74) is 3.65. The highest BCUT2D eigenvalue weighted by Gasteiger charge is 2.26. The SMILES string of the molecule is CN(C)c1ccc(CNC(=O)CCc2nc3cc(S(=O)(=O)N4CCCCC4)ccc3n2C)cc1. The van der Waals surface area contributed by atoms with E-state index in [0.717, 1.165) is 41.9 Å². The van der Waals surface area contributed by atoms with Gasteiger partial charge < -0.3 is 14.8 Å². The van der Waals surface area contributed by atoms with Crippen LogP contribution in [0.15, 0.2) is 47.4 Å². The summed E-state index contributed by atoms with van der Waals surface area (Å²) in [7, 11) is 2.37. The third-order valence-electron chi connectivity index (χ3n) is 6.42. The van der Waals surface area contributed by atoms with Crippen molar-refractivity contribution in [2.75, 3.05) is 32.1 Å². The van der Waals surface area contributed by atoms with Crippen molar-refractivity contribution < 1.29 is 13.2 Å². The van der Waals surface area contributed by atoms with E-state index in [9.17, 15) is 13.2 Å². The van der Waals surface area contributed by atoms with Crippen LogP contribution in [0.4, 0.5) is 5.69 Å². The van der Waals surface area contributed by atoms with Crippen LogP contribution < -0.4 is 10.2 Å². The summed E-state index contributed by atoms with van der Waals surface area (Å²) >= 11 is 0. The first-order valence-corrected chi connectivity index (χ1v) is 13.2. The van der Waals surface area contributed by atoms with Gasteiger partial charge in [0.15, 0.2) is 0 Å². The monoisotopic (exact) mass is 483 g/mol. The summed E-state index contributed by atoms with van der Waals surface area (Å²) in [5, 5.41) is 2.96. The molecule has 0 bridgehead atoms. The number of nitrogens with one attached hydrogen (secondary N) is 1. The Morgan fingerprint density at radius 3 is 2.44 bits per heavy atom. The molecule has 8 nitrogen and oxygen atoms in total. The zero-order valence-electron chi connectivity index (χ0n) is 20.1. The van der Waals surface area contributed by atoms with Crippen molar-refractivity contribution in [2.24, 2.45) is 7.05 Å². The average Bonchev–Trinajstić information content (AvgIpc) is 3.17. The minimum absolute atomic E-state index is 0.0443. The number of sulfonamides is 1. The number of fused-ring (bicyclic) bond motifs is 1. The lowest BCUT2D eigenvalue weighted by Crippen LogP contribution is -2.35. The second-order valence-corrected chi connectivity index (χ2v) is 11.0. The molecule has 1 fully saturated rings. The third kappa shape index (κ3) is 5.26. The quantitative estimate of drug-likeness (QED) is 0.532. The maximum atomic E-state index is 13.0. The summed E-state index contributed by atoms with van der Waals surface area (Å²) in [6, 6.07) is 13.2. The zero-order chi connectivity index (χ0) is 24.3. The maximum absolute atomic E-state index is 13.0. The second-order valence-electron chi connectivity index (χ2n) is 9.04. The van der Waals surface area contributed by atoms with Gasteiger partial charge in [-0.15, -0.1) is 0 Å². The average molecular weight is 484 g/mol. The molecule has 1 aromatic heterocycles. The number of amides is 1. The lowest BCUT2D eigenvalue weighted by molar-refractivity contribution is -0.121. The predicted octanol–water partition coefficient (Wildman–Crippen LogP) is 3.06. The molecule has 0 atom stereocenters. The number of imidazole rings is 1. The fourth-order valence-corrected chi connectivity index (χ4v) is 5.83. The van der Waals surface area contributed by atoms with E-state index < -0.39 is 10.0 Å². The van der Waals surface area contributed by atoms with Crippen LogP contribution in [0, 0.1) is 0 Å². The molecule has 3 aromatic rings. The minimum Gasteiger partial charge on any atom is -0.378 e. The van der Waals surface area contributed by atoms with E-state index in [1.165, 1.54) is 0 Å². The summed E-state index contributed by atoms with van der Waals surface area (Å²) in [6.07, 6.45) is 3.67. The van der Waals surface area contributed by atoms with Crippen molar-refractivity contribution in [3.63, 3.8) is 0 Å². The van der Waals surface area contributed by atoms with Crippen LogP contribution in [0.3, 0.4) is 0 Å². The second kappa shape index (κ2) is 10.1. The van der Waals surface area contributed by atoms with Gasteiger partial charge in [-0.1, -0.05) is 18.6 Å². The van der Waals surface area contributed by atoms with Gasteiger partial charge in [0.05, 0.1) is 15.9 Å². The van der Waals surface area contributed by atoms with Gasteiger partial charge in [-0.2, -0.15) is 4.31 Å². The Kier molecular flexibility index (Phi) is 7.23. The van der Waals surface area contributed by atoms with Crippen molar-refractivity contribution >= 4 is 32.7 Å². The number of carbonyl (C=O) groups excluding carboxylic acids is 1. The van der Waals surface area contributed by atoms with Gasteiger partial charge in [-0.05, 0) is 48.7 Å². The molecule has 1 amide bonds. The normalized spacial score (nSPS) is 14.9. The van der Waals surface area contributed by atoms with Gasteiger partial charge >= 0.3 is 0 Å². The molecule has 0 saturated carbocycles. The Labute approximate surface area is 201 Å². The lowest BCUT2D eigenvalue weighted by Gasteiger charge is -2.25. The number of hydrogen-bond acceptors (Lipinski definition) is 5. The fourth-order valence-electron chi connectivity index (χ4n) is 4.29. The number of carbonyl (C=O) groups is 1. The highest BCUT2D eigenvalue weighted by Crippen LogP contribution is 2.25. The number of hydrogen-bond donors (Lipinski definition) is 1. The fraction of sp³-hybridized carbons (Fsp3) is 0.440. The lowest BCUT2D eigenvalue weighted by atomic mass is 10.2. The van der Waals surface area contributed by atoms with Crippen molar-refractivity contribution in [2.45, 2.75) is 43.5 Å². The smallest absolute Gasteiger partial charge is 0.243 e.